The minimum absolute atomic E-state index is 0.00798. The molecule has 105 heavy (non-hydrogen) atoms. The van der Waals surface area contributed by atoms with E-state index >= 15 is 0 Å². The average Bonchev–Trinajstić information content (AvgIpc) is 1.52. The largest absolute Gasteiger partial charge is 0.508 e. The number of hydrogen-bond donors (Lipinski definition) is 3. The first-order valence-corrected chi connectivity index (χ1v) is 37.5. The van der Waals surface area contributed by atoms with Crippen LogP contribution in [-0.2, 0) is 22.7 Å². The van der Waals surface area contributed by atoms with E-state index < -0.39 is 16.2 Å². The van der Waals surface area contributed by atoms with Crippen molar-refractivity contribution in [1.29, 1.82) is 0 Å². The van der Waals surface area contributed by atoms with E-state index in [0.29, 0.717) is 30.0 Å². The standard InChI is InChI=1S/C93H77B7N2O3/c1-3-51-30-32-52(33-31-51)49-91(79-81(94)83(96)85(98)86(99)88(79)103)70-26-14-11-22-61(70)64-40-36-57(45-74(64)91)101(55-18-7-5-8-19-55)59-37-41-65-62-23-12-15-27-71(62)93(76(65)47-59)72-28-16-13-24-63(72)66-42-38-60(48-77(66)93)102(56-20-9-6-10-21-56)58-39-43-68-75(46-58)92(80-82(95)84(97)87(100)90(105)89(80)104)50-53-34-35-54(4-2)69(44-53)67-25-17-29-73(92)78(67)68/h3-16,18-28,30-33,36-48,54,69,103-105H,1-2,17,29,34-35,49-50,94-100H2/t54?,69-,91?,92?,93?/m1/s1. The number of allylic oxidation sites excluding steroid dienone is 7. The van der Waals surface area contributed by atoms with E-state index in [4.69, 9.17) is 0 Å². The summed E-state index contributed by atoms with van der Waals surface area (Å²) in [4.78, 5) is 4.92. The van der Waals surface area contributed by atoms with Gasteiger partial charge in [0.15, 0.2) is 11.5 Å². The van der Waals surface area contributed by atoms with Crippen LogP contribution in [-0.4, -0.2) is 70.2 Å². The minimum Gasteiger partial charge on any atom is -0.508 e. The molecule has 12 aromatic rings. The van der Waals surface area contributed by atoms with E-state index in [1.807, 2.05) is 13.9 Å². The summed E-state index contributed by atoms with van der Waals surface area (Å²) in [6, 6.07) is 86.4. The highest BCUT2D eigenvalue weighted by molar-refractivity contribution is 6.63. The van der Waals surface area contributed by atoms with Crippen molar-refractivity contribution >= 4 is 139 Å². The second-order valence-electron chi connectivity index (χ2n) is 30.8. The Hall–Kier alpha value is -11.2. The zero-order valence-corrected chi connectivity index (χ0v) is 60.8. The number of rotatable bonds is 12. The van der Waals surface area contributed by atoms with Gasteiger partial charge in [-0.05, 0) is 223 Å². The molecule has 5 nitrogen and oxygen atoms in total. The highest BCUT2D eigenvalue weighted by Crippen LogP contribution is 2.67. The molecule has 3 N–H and O–H groups in total. The maximum Gasteiger partial charge on any atom is 0.160 e. The third kappa shape index (κ3) is 8.92. The van der Waals surface area contributed by atoms with Gasteiger partial charge >= 0.3 is 0 Å². The Morgan fingerprint density at radius 1 is 0.419 bits per heavy atom. The normalized spacial score (nSPS) is 19.9. The van der Waals surface area contributed by atoms with Crippen molar-refractivity contribution in [3.8, 4) is 50.6 Å². The first-order chi connectivity index (χ1) is 51.1. The van der Waals surface area contributed by atoms with Gasteiger partial charge in [-0.2, -0.15) is 0 Å². The Kier molecular flexibility index (Phi) is 14.7. The van der Waals surface area contributed by atoms with Gasteiger partial charge in [0.1, 0.15) is 60.7 Å². The highest BCUT2D eigenvalue weighted by Gasteiger charge is 2.56. The number of phenols is 3. The zero-order chi connectivity index (χ0) is 71.7. The maximum atomic E-state index is 13.0. The van der Waals surface area contributed by atoms with Crippen LogP contribution in [0.25, 0.3) is 45.0 Å². The molecule has 0 radical (unpaired) electrons. The van der Waals surface area contributed by atoms with Crippen molar-refractivity contribution in [3.05, 3.63) is 345 Å². The molecule has 12 aromatic carbocycles. The van der Waals surface area contributed by atoms with Crippen molar-refractivity contribution in [2.24, 2.45) is 11.8 Å². The number of hydrogen-bond acceptors (Lipinski definition) is 5. The summed E-state index contributed by atoms with van der Waals surface area (Å²) < 4.78 is 0. The molecule has 0 aliphatic heterocycles. The summed E-state index contributed by atoms with van der Waals surface area (Å²) in [5.74, 6) is 0.845. The molecular weight excluding hydrogens is 1270 g/mol. The summed E-state index contributed by atoms with van der Waals surface area (Å²) in [6.45, 7) is 8.52. The lowest BCUT2D eigenvalue weighted by Gasteiger charge is -2.43. The second kappa shape index (κ2) is 23.9. The lowest BCUT2D eigenvalue weighted by atomic mass is 9.57. The topological polar surface area (TPSA) is 67.2 Å². The van der Waals surface area contributed by atoms with E-state index in [1.165, 1.54) is 100 Å². The molecule has 7 aliphatic carbocycles. The van der Waals surface area contributed by atoms with Crippen LogP contribution in [0, 0.1) is 11.8 Å². The van der Waals surface area contributed by atoms with Gasteiger partial charge in [-0.25, -0.2) is 0 Å². The molecule has 0 amide bonds. The highest BCUT2D eigenvalue weighted by atomic mass is 16.3. The zero-order valence-electron chi connectivity index (χ0n) is 60.8. The molecule has 5 atom stereocenters. The van der Waals surface area contributed by atoms with Gasteiger partial charge in [-0.15, -0.1) is 12.0 Å². The predicted octanol–water partition coefficient (Wildman–Crippen LogP) is 10.4. The predicted molar refractivity (Wildman–Crippen MR) is 457 cm³/mol. The number of anilines is 6. The Morgan fingerprint density at radius 2 is 0.886 bits per heavy atom. The summed E-state index contributed by atoms with van der Waals surface area (Å²) in [5.41, 5.74) is 37.1. The molecule has 19 rings (SSSR count). The smallest absolute Gasteiger partial charge is 0.160 e. The molecule has 1 spiro atoms. The second-order valence-corrected chi connectivity index (χ2v) is 30.8. The van der Waals surface area contributed by atoms with Crippen molar-refractivity contribution < 1.29 is 15.3 Å². The Morgan fingerprint density at radius 3 is 1.46 bits per heavy atom. The quantitative estimate of drug-likeness (QED) is 0.0646. The molecule has 0 heterocycles. The van der Waals surface area contributed by atoms with E-state index in [-0.39, 0.29) is 17.4 Å². The summed E-state index contributed by atoms with van der Waals surface area (Å²) >= 11 is 0. The van der Waals surface area contributed by atoms with Gasteiger partial charge < -0.3 is 25.1 Å². The lowest BCUT2D eigenvalue weighted by molar-refractivity contribution is 0.390. The molecular formula is C93H77B7N2O3. The molecule has 0 saturated heterocycles. The van der Waals surface area contributed by atoms with Crippen LogP contribution >= 0.6 is 0 Å². The third-order valence-electron chi connectivity index (χ3n) is 26.2. The molecule has 4 unspecified atom stereocenters. The van der Waals surface area contributed by atoms with Crippen LogP contribution in [0.3, 0.4) is 0 Å². The van der Waals surface area contributed by atoms with Crippen molar-refractivity contribution in [2.45, 2.75) is 54.8 Å². The number of fused-ring (bicyclic) bond motifs is 17. The molecule has 0 saturated carbocycles. The first kappa shape index (κ1) is 64.6. The number of benzene rings is 12. The number of nitrogens with zero attached hydrogens (tertiary/aromatic N) is 2. The van der Waals surface area contributed by atoms with Crippen LogP contribution in [0.5, 0.6) is 17.2 Å². The summed E-state index contributed by atoms with van der Waals surface area (Å²) in [7, 11) is 14.8. The first-order valence-electron chi connectivity index (χ1n) is 37.5. The minimum atomic E-state index is -0.796. The fourth-order valence-corrected chi connectivity index (χ4v) is 20.9. The molecule has 0 fully saturated rings. The molecule has 0 aromatic heterocycles. The monoisotopic (exact) mass is 1350 g/mol. The summed E-state index contributed by atoms with van der Waals surface area (Å²) in [6.07, 6.45) is 14.2. The van der Waals surface area contributed by atoms with Gasteiger partial charge in [-0.3, -0.25) is 0 Å². The fourth-order valence-electron chi connectivity index (χ4n) is 20.9. The van der Waals surface area contributed by atoms with Gasteiger partial charge in [0.25, 0.3) is 0 Å². The lowest BCUT2D eigenvalue weighted by Crippen LogP contribution is -2.52. The van der Waals surface area contributed by atoms with Crippen LogP contribution in [0.2, 0.25) is 0 Å². The molecule has 7 aliphatic rings. The number of phenolic OH excluding ortho intramolecular Hbond substituents is 3. The summed E-state index contributed by atoms with van der Waals surface area (Å²) in [5, 5.41) is 37.9. The Bertz CT molecular complexity index is 5830. The van der Waals surface area contributed by atoms with Crippen LogP contribution in [0.15, 0.2) is 279 Å². The van der Waals surface area contributed by atoms with E-state index in [1.54, 1.807) is 0 Å². The molecule has 12 heteroatoms. The van der Waals surface area contributed by atoms with Gasteiger partial charge in [0.2, 0.25) is 0 Å². The SMILES string of the molecule is Bc1c(B)c(B)c(C2(Cc3ccc(C=C)cc3)c3ccccc3-c3ccc(N(c4ccccc4)c4ccc5c(c4)C4(c6ccccc6-c6ccc(N(c7ccccc7)c7ccc8c(c7)C7(c9c(B)c(B)c(B)c(O)c9O)CC9=C[C@@H](C%10=CCCC7=C%108)C(C=C)CC9)cc64)c4ccccc4-5)cc32)c(O)c1B. The average molecular weight is 1350 g/mol. The number of para-hydroxylation sites is 2. The van der Waals surface area contributed by atoms with Crippen LogP contribution in [0.1, 0.15) is 98.9 Å². The van der Waals surface area contributed by atoms with Gasteiger partial charge in [0, 0.05) is 56.6 Å². The fraction of sp³-hybridized carbons (Fsp3) is 0.118. The Balaban J connectivity index is 0.820. The molecule has 6 bridgehead atoms. The Labute approximate surface area is 622 Å². The van der Waals surface area contributed by atoms with Crippen molar-refractivity contribution in [2.75, 3.05) is 9.80 Å². The van der Waals surface area contributed by atoms with Crippen LogP contribution < -0.4 is 48.0 Å². The number of aromatic hydroxyl groups is 3. The van der Waals surface area contributed by atoms with Crippen molar-refractivity contribution in [1.82, 2.24) is 0 Å². The maximum absolute atomic E-state index is 13.0. The van der Waals surface area contributed by atoms with E-state index in [2.05, 4.69) is 319 Å². The van der Waals surface area contributed by atoms with Gasteiger partial charge in [-0.1, -0.05) is 227 Å². The molecule has 498 valence electrons. The van der Waals surface area contributed by atoms with Gasteiger partial charge in [0.05, 0.1) is 10.8 Å². The van der Waals surface area contributed by atoms with E-state index in [9.17, 15) is 15.3 Å². The third-order valence-corrected chi connectivity index (χ3v) is 26.2. The van der Waals surface area contributed by atoms with E-state index in [0.717, 1.165) is 115 Å². The van der Waals surface area contributed by atoms with Crippen LogP contribution in [0.4, 0.5) is 34.1 Å². The van der Waals surface area contributed by atoms with Crippen molar-refractivity contribution in [3.63, 3.8) is 0 Å².